The molecule has 0 saturated heterocycles. The van der Waals surface area contributed by atoms with E-state index in [0.717, 1.165) is 23.7 Å². The summed E-state index contributed by atoms with van der Waals surface area (Å²) in [6, 6.07) is 7.17. The van der Waals surface area contributed by atoms with Crippen molar-refractivity contribution in [3.63, 3.8) is 0 Å². The van der Waals surface area contributed by atoms with Crippen molar-refractivity contribution in [2.45, 2.75) is 18.2 Å². The first-order valence-electron chi connectivity index (χ1n) is 5.31. The Morgan fingerprint density at radius 2 is 2.28 bits per heavy atom. The fraction of sp³-hybridized carbons (Fsp3) is 0.273. The van der Waals surface area contributed by atoms with Gasteiger partial charge in [0.05, 0.1) is 17.5 Å². The Hall–Kier alpha value is -1.52. The van der Waals surface area contributed by atoms with Gasteiger partial charge in [0.25, 0.3) is 10.0 Å². The molecule has 94 valence electrons. The molecule has 1 aromatic rings. The lowest BCUT2D eigenvalue weighted by Gasteiger charge is -2.17. The third-order valence-electron chi connectivity index (χ3n) is 2.45. The number of sulfonamides is 1. The van der Waals surface area contributed by atoms with Crippen molar-refractivity contribution in [1.29, 1.82) is 5.26 Å². The van der Waals surface area contributed by atoms with Gasteiger partial charge in [-0.2, -0.15) is 13.7 Å². The highest BCUT2D eigenvalue weighted by Crippen LogP contribution is 2.30. The van der Waals surface area contributed by atoms with Crippen LogP contribution in [0.15, 0.2) is 27.5 Å². The Morgan fingerprint density at radius 1 is 1.50 bits per heavy atom. The zero-order valence-corrected chi connectivity index (χ0v) is 11.3. The molecular weight excluding hydrogens is 270 g/mol. The first-order chi connectivity index (χ1) is 8.56. The number of thioether (sulfide) groups is 1. The second-order valence-corrected chi connectivity index (χ2v) is 6.16. The summed E-state index contributed by atoms with van der Waals surface area (Å²) in [5, 5.41) is 11.7. The Bertz CT molecular complexity index is 645. The van der Waals surface area contributed by atoms with E-state index >= 15 is 0 Å². The molecule has 0 atom stereocenters. The van der Waals surface area contributed by atoms with Crippen molar-refractivity contribution >= 4 is 32.6 Å². The van der Waals surface area contributed by atoms with Crippen LogP contribution in [-0.4, -0.2) is 19.3 Å². The Balaban J connectivity index is 2.42. The van der Waals surface area contributed by atoms with E-state index in [9.17, 15) is 8.42 Å². The van der Waals surface area contributed by atoms with Crippen LogP contribution in [0.4, 0.5) is 5.69 Å². The molecule has 2 rings (SSSR count). The molecule has 1 N–H and O–H groups in total. The largest absolute Gasteiger partial charge is 0.333 e. The Labute approximate surface area is 110 Å². The molecule has 7 heteroatoms. The predicted molar refractivity (Wildman–Crippen MR) is 72.1 cm³/mol. The van der Waals surface area contributed by atoms with Gasteiger partial charge in [-0.25, -0.2) is 0 Å². The lowest BCUT2D eigenvalue weighted by Crippen LogP contribution is -2.19. The third kappa shape index (κ3) is 2.49. The van der Waals surface area contributed by atoms with Crippen LogP contribution in [0.5, 0.6) is 0 Å². The van der Waals surface area contributed by atoms with Gasteiger partial charge in [-0.1, -0.05) is 24.8 Å². The van der Waals surface area contributed by atoms with Gasteiger partial charge in [0, 0.05) is 0 Å². The number of rotatable bonds is 2. The molecular formula is C11H11N3O2S2. The maximum atomic E-state index is 12.0. The normalized spacial score (nSPS) is 16.1. The van der Waals surface area contributed by atoms with Crippen molar-refractivity contribution < 1.29 is 8.42 Å². The van der Waals surface area contributed by atoms with Gasteiger partial charge < -0.3 is 5.32 Å². The van der Waals surface area contributed by atoms with Gasteiger partial charge >= 0.3 is 0 Å². The van der Waals surface area contributed by atoms with E-state index in [2.05, 4.69) is 9.71 Å². The van der Waals surface area contributed by atoms with Crippen molar-refractivity contribution in [1.82, 2.24) is 0 Å². The highest BCUT2D eigenvalue weighted by atomic mass is 32.2. The van der Waals surface area contributed by atoms with Crippen LogP contribution < -0.4 is 5.32 Å². The molecule has 5 nitrogen and oxygen atoms in total. The van der Waals surface area contributed by atoms with Gasteiger partial charge in [0.2, 0.25) is 0 Å². The number of aryl methyl sites for hydroxylation is 1. The summed E-state index contributed by atoms with van der Waals surface area (Å²) in [4.78, 5) is 0.197. The van der Waals surface area contributed by atoms with E-state index in [1.54, 1.807) is 12.1 Å². The molecule has 1 aliphatic rings. The molecule has 0 aromatic heterocycles. The standard InChI is InChI=1S/C11H11N3O2S2/c1-2-8-3-4-9-10(7-8)18(15,16)14-11(13-9)17-6-5-12/h3-4,7H,2,6H2,1H3,(H,13,14). The number of anilines is 1. The van der Waals surface area contributed by atoms with E-state index in [0.29, 0.717) is 5.69 Å². The molecule has 0 spiro atoms. The number of nitrogens with one attached hydrogen (secondary N) is 1. The number of hydrogen-bond acceptors (Lipinski definition) is 5. The molecule has 1 heterocycles. The first kappa shape index (κ1) is 12.9. The molecule has 0 amide bonds. The molecule has 1 aromatic carbocycles. The van der Waals surface area contributed by atoms with Gasteiger partial charge in [0.1, 0.15) is 4.90 Å². The topological polar surface area (TPSA) is 82.3 Å². The number of amidine groups is 1. The Kier molecular flexibility index (Phi) is 3.59. The highest BCUT2D eigenvalue weighted by Gasteiger charge is 2.25. The maximum absolute atomic E-state index is 12.0. The maximum Gasteiger partial charge on any atom is 0.286 e. The van der Waals surface area contributed by atoms with Gasteiger partial charge in [-0.15, -0.1) is 4.40 Å². The smallest absolute Gasteiger partial charge is 0.286 e. The molecule has 0 bridgehead atoms. The lowest BCUT2D eigenvalue weighted by molar-refractivity contribution is 0.598. The molecule has 1 aliphatic heterocycles. The lowest BCUT2D eigenvalue weighted by atomic mass is 10.1. The van der Waals surface area contributed by atoms with Crippen molar-refractivity contribution in [2.24, 2.45) is 4.40 Å². The molecule has 0 aliphatic carbocycles. The summed E-state index contributed by atoms with van der Waals surface area (Å²) >= 11 is 1.07. The number of nitriles is 1. The Morgan fingerprint density at radius 3 is 2.94 bits per heavy atom. The summed E-state index contributed by atoms with van der Waals surface area (Å²) < 4.78 is 27.6. The minimum Gasteiger partial charge on any atom is -0.333 e. The average Bonchev–Trinajstić information content (AvgIpc) is 2.35. The van der Waals surface area contributed by atoms with Gasteiger partial charge in [0.15, 0.2) is 5.17 Å². The van der Waals surface area contributed by atoms with Gasteiger partial charge in [-0.05, 0) is 24.1 Å². The van der Waals surface area contributed by atoms with E-state index in [1.165, 1.54) is 0 Å². The number of nitrogens with zero attached hydrogens (tertiary/aromatic N) is 2. The monoisotopic (exact) mass is 281 g/mol. The summed E-state index contributed by atoms with van der Waals surface area (Å²) in [6.45, 7) is 1.96. The predicted octanol–water partition coefficient (Wildman–Crippen LogP) is 1.98. The third-order valence-corrected chi connectivity index (χ3v) is 4.62. The summed E-state index contributed by atoms with van der Waals surface area (Å²) in [5.74, 6) is 0.156. The minimum atomic E-state index is -3.66. The van der Waals surface area contributed by atoms with Crippen LogP contribution >= 0.6 is 11.8 Å². The van der Waals surface area contributed by atoms with E-state index < -0.39 is 10.0 Å². The van der Waals surface area contributed by atoms with Crippen LogP contribution in [0, 0.1) is 11.3 Å². The van der Waals surface area contributed by atoms with E-state index in [1.807, 2.05) is 19.1 Å². The zero-order chi connectivity index (χ0) is 13.2. The molecule has 0 fully saturated rings. The minimum absolute atomic E-state index is 0.156. The molecule has 0 unspecified atom stereocenters. The van der Waals surface area contributed by atoms with Crippen LogP contribution in [0.1, 0.15) is 12.5 Å². The van der Waals surface area contributed by atoms with Crippen molar-refractivity contribution in [3.05, 3.63) is 23.8 Å². The fourth-order valence-corrected chi connectivity index (χ4v) is 3.51. The second kappa shape index (κ2) is 5.00. The SMILES string of the molecule is CCc1ccc2c(c1)S(=O)(=O)N=C(SCC#N)N2. The average molecular weight is 281 g/mol. The number of hydrogen-bond donors (Lipinski definition) is 1. The van der Waals surface area contributed by atoms with Crippen LogP contribution in [0.25, 0.3) is 0 Å². The van der Waals surface area contributed by atoms with E-state index in [4.69, 9.17) is 5.26 Å². The zero-order valence-electron chi connectivity index (χ0n) is 9.67. The number of benzene rings is 1. The second-order valence-electron chi connectivity index (χ2n) is 3.63. The van der Waals surface area contributed by atoms with Crippen molar-refractivity contribution in [2.75, 3.05) is 11.1 Å². The molecule has 0 radical (unpaired) electrons. The molecule has 0 saturated carbocycles. The van der Waals surface area contributed by atoms with Gasteiger partial charge in [-0.3, -0.25) is 0 Å². The number of fused-ring (bicyclic) bond motifs is 1. The quantitative estimate of drug-likeness (QED) is 0.896. The first-order valence-corrected chi connectivity index (χ1v) is 7.74. The summed E-state index contributed by atoms with van der Waals surface area (Å²) in [7, 11) is -3.66. The fourth-order valence-electron chi connectivity index (χ4n) is 1.56. The van der Waals surface area contributed by atoms with Crippen molar-refractivity contribution in [3.8, 4) is 6.07 Å². The summed E-state index contributed by atoms with van der Waals surface area (Å²) in [6.07, 6.45) is 0.766. The highest BCUT2D eigenvalue weighted by molar-refractivity contribution is 8.15. The van der Waals surface area contributed by atoms with E-state index in [-0.39, 0.29) is 15.8 Å². The molecule has 18 heavy (non-hydrogen) atoms. The van der Waals surface area contributed by atoms with Crippen LogP contribution in [0.2, 0.25) is 0 Å². The summed E-state index contributed by atoms with van der Waals surface area (Å²) in [5.41, 5.74) is 1.46. The van der Waals surface area contributed by atoms with Crippen LogP contribution in [-0.2, 0) is 16.4 Å². The van der Waals surface area contributed by atoms with Crippen LogP contribution in [0.3, 0.4) is 0 Å².